The molecule has 1 fully saturated rings. The van der Waals surface area contributed by atoms with E-state index in [-0.39, 0.29) is 16.5 Å². The van der Waals surface area contributed by atoms with Crippen molar-refractivity contribution in [2.24, 2.45) is 0 Å². The molecule has 1 aliphatic heterocycles. The zero-order valence-corrected chi connectivity index (χ0v) is 23.6. The molecule has 1 saturated heterocycles. The molecule has 3 aromatic rings. The third-order valence-corrected chi connectivity index (χ3v) is 7.03. The number of methoxy groups -OCH3 is 3. The smallest absolute Gasteiger partial charge is 0.327 e. The zero-order chi connectivity index (χ0) is 27.9. The molecule has 0 aliphatic carbocycles. The first-order valence-corrected chi connectivity index (χ1v) is 13.0. The van der Waals surface area contributed by atoms with Crippen molar-refractivity contribution >= 4 is 46.3 Å². The predicted octanol–water partition coefficient (Wildman–Crippen LogP) is 4.71. The van der Waals surface area contributed by atoms with Crippen LogP contribution in [0.5, 0.6) is 17.2 Å². The highest BCUT2D eigenvalue weighted by atomic mass is 35.5. The number of carbonyl (C=O) groups is 1. The average Bonchev–Trinajstić information content (AvgIpc) is 2.98. The van der Waals surface area contributed by atoms with Crippen LogP contribution in [0.15, 0.2) is 42.7 Å². The minimum absolute atomic E-state index is 0.178. The van der Waals surface area contributed by atoms with Crippen LogP contribution in [0.1, 0.15) is 6.92 Å². The zero-order valence-electron chi connectivity index (χ0n) is 22.8. The molecule has 1 aliphatic rings. The predicted molar refractivity (Wildman–Crippen MR) is 155 cm³/mol. The van der Waals surface area contributed by atoms with Gasteiger partial charge >= 0.3 is 6.03 Å². The topological polar surface area (TPSA) is 104 Å². The van der Waals surface area contributed by atoms with Crippen molar-refractivity contribution in [2.45, 2.75) is 6.92 Å². The van der Waals surface area contributed by atoms with E-state index in [4.69, 9.17) is 25.8 Å². The van der Waals surface area contributed by atoms with Crippen molar-refractivity contribution in [3.05, 3.63) is 47.7 Å². The van der Waals surface area contributed by atoms with Crippen LogP contribution in [0.4, 0.5) is 33.5 Å². The molecule has 0 radical (unpaired) electrons. The number of nitrogens with zero attached hydrogens (tertiary/aromatic N) is 5. The van der Waals surface area contributed by atoms with Crippen LogP contribution >= 0.6 is 11.6 Å². The standard InChI is InChI=1S/C27H34ClN7O4/c1-6-34-11-13-35(14-12-34)19-9-7-18(8-10-19)31-22-16-23(30-17-29-22)33(2)27(36)32-25-24(28)20(37-3)15-21(38-4)26(25)39-5/h7-10,15-17H,6,11-14H2,1-5H3,(H,32,36)(H,29,30,31). The van der Waals surface area contributed by atoms with E-state index in [0.717, 1.165) is 38.4 Å². The second kappa shape index (κ2) is 12.7. The normalized spacial score (nSPS) is 13.5. The number of carbonyl (C=O) groups excluding carboxylic acids is 1. The van der Waals surface area contributed by atoms with Crippen LogP contribution in [0.3, 0.4) is 0 Å². The molecule has 0 unspecified atom stereocenters. The van der Waals surface area contributed by atoms with Gasteiger partial charge in [-0.05, 0) is 30.8 Å². The Morgan fingerprint density at radius 3 is 2.31 bits per heavy atom. The van der Waals surface area contributed by atoms with Crippen LogP contribution in [0.2, 0.25) is 5.02 Å². The maximum absolute atomic E-state index is 13.2. The van der Waals surface area contributed by atoms with E-state index >= 15 is 0 Å². The fourth-order valence-corrected chi connectivity index (χ4v) is 4.59. The molecule has 1 aromatic heterocycles. The summed E-state index contributed by atoms with van der Waals surface area (Å²) in [4.78, 5) is 27.9. The van der Waals surface area contributed by atoms with Gasteiger partial charge in [0, 0.05) is 56.7 Å². The lowest BCUT2D eigenvalue weighted by atomic mass is 10.2. The molecule has 11 nitrogen and oxygen atoms in total. The number of hydrogen-bond donors (Lipinski definition) is 2. The molecule has 0 saturated carbocycles. The van der Waals surface area contributed by atoms with Crippen LogP contribution in [0.25, 0.3) is 0 Å². The molecule has 0 bridgehead atoms. The Kier molecular flexibility index (Phi) is 9.15. The van der Waals surface area contributed by atoms with Crippen molar-refractivity contribution in [2.75, 3.05) is 81.5 Å². The Morgan fingerprint density at radius 2 is 1.69 bits per heavy atom. The summed E-state index contributed by atoms with van der Waals surface area (Å²) in [5.41, 5.74) is 2.29. The molecule has 4 rings (SSSR count). The molecular formula is C27H34ClN7O4. The van der Waals surface area contributed by atoms with Crippen molar-refractivity contribution < 1.29 is 19.0 Å². The maximum Gasteiger partial charge on any atom is 0.327 e. The van der Waals surface area contributed by atoms with E-state index in [1.165, 1.54) is 38.2 Å². The van der Waals surface area contributed by atoms with Gasteiger partial charge in [0.05, 0.1) is 21.3 Å². The Balaban J connectivity index is 1.45. The molecule has 0 atom stereocenters. The minimum Gasteiger partial charge on any atom is -0.495 e. The van der Waals surface area contributed by atoms with Crippen molar-refractivity contribution in [1.29, 1.82) is 0 Å². The second-order valence-corrected chi connectivity index (χ2v) is 9.23. The number of aromatic nitrogens is 2. The second-order valence-electron chi connectivity index (χ2n) is 8.85. The van der Waals surface area contributed by atoms with E-state index in [9.17, 15) is 4.79 Å². The van der Waals surface area contributed by atoms with Crippen molar-refractivity contribution in [3.63, 3.8) is 0 Å². The van der Waals surface area contributed by atoms with Gasteiger partial charge in [-0.25, -0.2) is 14.8 Å². The summed E-state index contributed by atoms with van der Waals surface area (Å²) in [7, 11) is 6.01. The monoisotopic (exact) mass is 555 g/mol. The van der Waals surface area contributed by atoms with Crippen molar-refractivity contribution in [1.82, 2.24) is 14.9 Å². The molecule has 2 N–H and O–H groups in total. The SMILES string of the molecule is CCN1CCN(c2ccc(Nc3cc(N(C)C(=O)Nc4c(Cl)c(OC)cc(OC)c4OC)ncn3)cc2)CC1. The number of piperazine rings is 1. The van der Waals surface area contributed by atoms with Gasteiger partial charge in [-0.1, -0.05) is 18.5 Å². The fraction of sp³-hybridized carbons (Fsp3) is 0.370. The first-order valence-electron chi connectivity index (χ1n) is 12.6. The maximum atomic E-state index is 13.2. The number of rotatable bonds is 9. The summed E-state index contributed by atoms with van der Waals surface area (Å²) in [6.07, 6.45) is 1.39. The van der Waals surface area contributed by atoms with Gasteiger partial charge in [0.2, 0.25) is 0 Å². The number of urea groups is 1. The van der Waals surface area contributed by atoms with Crippen LogP contribution in [-0.4, -0.2) is 82.0 Å². The first-order chi connectivity index (χ1) is 18.9. The molecule has 2 amide bonds. The average molecular weight is 556 g/mol. The first kappa shape index (κ1) is 28.1. The van der Waals surface area contributed by atoms with Gasteiger partial charge < -0.3 is 34.6 Å². The van der Waals surface area contributed by atoms with E-state index < -0.39 is 6.03 Å². The summed E-state index contributed by atoms with van der Waals surface area (Å²) in [6.45, 7) is 7.47. The number of ether oxygens (including phenoxy) is 3. The lowest BCUT2D eigenvalue weighted by molar-refractivity contribution is 0.257. The minimum atomic E-state index is -0.498. The highest BCUT2D eigenvalue weighted by Gasteiger charge is 2.23. The van der Waals surface area contributed by atoms with Crippen LogP contribution < -0.4 is 34.6 Å². The van der Waals surface area contributed by atoms with E-state index in [2.05, 4.69) is 49.5 Å². The van der Waals surface area contributed by atoms with Gasteiger partial charge in [-0.3, -0.25) is 4.90 Å². The summed E-state index contributed by atoms with van der Waals surface area (Å²) < 4.78 is 16.1. The fourth-order valence-electron chi connectivity index (χ4n) is 4.33. The highest BCUT2D eigenvalue weighted by Crippen LogP contribution is 2.46. The third kappa shape index (κ3) is 6.37. The van der Waals surface area contributed by atoms with Crippen LogP contribution in [0, 0.1) is 0 Å². The van der Waals surface area contributed by atoms with E-state index in [0.29, 0.717) is 23.1 Å². The molecule has 0 spiro atoms. The summed E-state index contributed by atoms with van der Waals surface area (Å²) in [5, 5.41) is 6.23. The summed E-state index contributed by atoms with van der Waals surface area (Å²) >= 11 is 6.47. The third-order valence-electron chi connectivity index (χ3n) is 6.65. The number of amides is 2. The quantitative estimate of drug-likeness (QED) is 0.388. The Bertz CT molecular complexity index is 1280. The Labute approximate surface area is 233 Å². The number of hydrogen-bond acceptors (Lipinski definition) is 9. The Hall–Kier alpha value is -3.96. The van der Waals surface area contributed by atoms with E-state index in [1.54, 1.807) is 19.2 Å². The molecule has 12 heteroatoms. The summed E-state index contributed by atoms with van der Waals surface area (Å²) in [6, 6.07) is 11.0. The van der Waals surface area contributed by atoms with Crippen LogP contribution in [-0.2, 0) is 0 Å². The molecule has 2 heterocycles. The summed E-state index contributed by atoms with van der Waals surface area (Å²) in [5.74, 6) is 1.88. The number of halogens is 1. The highest BCUT2D eigenvalue weighted by molar-refractivity contribution is 6.36. The van der Waals surface area contributed by atoms with Gasteiger partial charge in [0.15, 0.2) is 11.5 Å². The molecule has 2 aromatic carbocycles. The van der Waals surface area contributed by atoms with Crippen molar-refractivity contribution in [3.8, 4) is 17.2 Å². The number of likely N-dealkylation sites (N-methyl/N-ethyl adjacent to an activating group) is 1. The number of benzene rings is 2. The van der Waals surface area contributed by atoms with E-state index in [1.807, 2.05) is 12.1 Å². The largest absolute Gasteiger partial charge is 0.495 e. The molecular weight excluding hydrogens is 522 g/mol. The lowest BCUT2D eigenvalue weighted by Crippen LogP contribution is -2.46. The van der Waals surface area contributed by atoms with Gasteiger partial charge in [-0.2, -0.15) is 0 Å². The molecule has 208 valence electrons. The number of nitrogens with one attached hydrogen (secondary N) is 2. The lowest BCUT2D eigenvalue weighted by Gasteiger charge is -2.35. The van der Waals surface area contributed by atoms with Gasteiger partial charge in [-0.15, -0.1) is 0 Å². The van der Waals surface area contributed by atoms with Gasteiger partial charge in [0.25, 0.3) is 0 Å². The number of anilines is 5. The van der Waals surface area contributed by atoms with Gasteiger partial charge in [0.1, 0.15) is 34.4 Å². The molecule has 39 heavy (non-hydrogen) atoms. The Morgan fingerprint density at radius 1 is 1.00 bits per heavy atom.